The van der Waals surface area contributed by atoms with Gasteiger partial charge in [0, 0.05) is 46.5 Å². The number of aromatic nitrogens is 5. The second-order valence-corrected chi connectivity index (χ2v) is 8.57. The predicted molar refractivity (Wildman–Crippen MR) is 126 cm³/mol. The number of carboxylic acid groups (broad SMARTS) is 1. The predicted octanol–water partition coefficient (Wildman–Crippen LogP) is 4.84. The average molecular weight is 488 g/mol. The van der Waals surface area contributed by atoms with Gasteiger partial charge in [-0.15, -0.1) is 10.2 Å². The molecule has 0 fully saturated rings. The van der Waals surface area contributed by atoms with Crippen molar-refractivity contribution in [1.29, 1.82) is 0 Å². The minimum absolute atomic E-state index is 0.139. The first kappa shape index (κ1) is 23.1. The lowest BCUT2D eigenvalue weighted by molar-refractivity contribution is -0.137. The van der Waals surface area contributed by atoms with Crippen molar-refractivity contribution in [3.8, 4) is 5.75 Å². The number of nitrogens with zero attached hydrogens (tertiary/aromatic N) is 5. The summed E-state index contributed by atoms with van der Waals surface area (Å²) in [6, 6.07) is 11.5. The fourth-order valence-corrected chi connectivity index (χ4v) is 4.19. The highest BCUT2D eigenvalue weighted by molar-refractivity contribution is 6.35. The SMILES string of the molecule is COc1ccc2c(c1)c(Cc1nnn(CCCCC(=O)O)n1)cn2Cc1ccc(Cl)cc1Cl. The molecule has 0 radical (unpaired) electrons. The van der Waals surface area contributed by atoms with Crippen molar-refractivity contribution >= 4 is 40.1 Å². The molecule has 4 aromatic rings. The zero-order valence-electron chi connectivity index (χ0n) is 18.0. The first-order valence-electron chi connectivity index (χ1n) is 10.5. The molecule has 4 rings (SSSR count). The number of methoxy groups -OCH3 is 1. The van der Waals surface area contributed by atoms with Crippen molar-refractivity contribution in [3.63, 3.8) is 0 Å². The lowest BCUT2D eigenvalue weighted by Crippen LogP contribution is -2.04. The molecule has 33 heavy (non-hydrogen) atoms. The summed E-state index contributed by atoms with van der Waals surface area (Å²) >= 11 is 12.5. The Morgan fingerprint density at radius 1 is 1.12 bits per heavy atom. The number of halogens is 2. The Labute approximate surface area is 200 Å². The number of ether oxygens (including phenoxy) is 1. The van der Waals surface area contributed by atoms with E-state index >= 15 is 0 Å². The summed E-state index contributed by atoms with van der Waals surface area (Å²) in [6.07, 6.45) is 3.97. The zero-order chi connectivity index (χ0) is 23.4. The van der Waals surface area contributed by atoms with Crippen molar-refractivity contribution in [1.82, 2.24) is 24.8 Å². The van der Waals surface area contributed by atoms with Crippen LogP contribution in [-0.2, 0) is 24.3 Å². The van der Waals surface area contributed by atoms with Gasteiger partial charge in [0.1, 0.15) is 5.75 Å². The van der Waals surface area contributed by atoms with Crippen molar-refractivity contribution in [3.05, 3.63) is 69.6 Å². The van der Waals surface area contributed by atoms with Gasteiger partial charge in [-0.2, -0.15) is 4.80 Å². The normalized spacial score (nSPS) is 11.2. The van der Waals surface area contributed by atoms with E-state index in [1.165, 1.54) is 4.80 Å². The van der Waals surface area contributed by atoms with E-state index in [1.807, 2.05) is 30.3 Å². The number of carboxylic acids is 1. The number of aryl methyl sites for hydroxylation is 1. The number of aliphatic carboxylic acids is 1. The van der Waals surface area contributed by atoms with Crippen LogP contribution in [0.5, 0.6) is 5.75 Å². The fourth-order valence-electron chi connectivity index (χ4n) is 3.72. The summed E-state index contributed by atoms with van der Waals surface area (Å²) in [5, 5.41) is 23.8. The first-order valence-corrected chi connectivity index (χ1v) is 11.3. The van der Waals surface area contributed by atoms with Crippen molar-refractivity contribution in [2.75, 3.05) is 7.11 Å². The van der Waals surface area contributed by atoms with E-state index in [1.54, 1.807) is 13.2 Å². The first-order chi connectivity index (χ1) is 15.9. The lowest BCUT2D eigenvalue weighted by atomic mass is 10.1. The van der Waals surface area contributed by atoms with Crippen LogP contribution in [0, 0.1) is 0 Å². The molecule has 0 bridgehead atoms. The topological polar surface area (TPSA) is 95.1 Å². The Morgan fingerprint density at radius 2 is 1.97 bits per heavy atom. The van der Waals surface area contributed by atoms with Gasteiger partial charge in [0.2, 0.25) is 0 Å². The molecule has 0 aliphatic rings. The number of hydrogen-bond donors (Lipinski definition) is 1. The second kappa shape index (κ2) is 10.2. The Morgan fingerprint density at radius 3 is 2.73 bits per heavy atom. The van der Waals surface area contributed by atoms with Crippen molar-refractivity contribution in [2.45, 2.75) is 38.8 Å². The van der Waals surface area contributed by atoms with Crippen LogP contribution in [0.15, 0.2) is 42.6 Å². The average Bonchev–Trinajstić information content (AvgIpc) is 3.37. The van der Waals surface area contributed by atoms with Gasteiger partial charge in [0.25, 0.3) is 0 Å². The number of hydrogen-bond acceptors (Lipinski definition) is 5. The number of carbonyl (C=O) groups is 1. The molecule has 0 atom stereocenters. The molecule has 2 aromatic heterocycles. The van der Waals surface area contributed by atoms with E-state index in [4.69, 9.17) is 33.0 Å². The van der Waals surface area contributed by atoms with E-state index in [0.717, 1.165) is 27.8 Å². The maximum absolute atomic E-state index is 10.6. The van der Waals surface area contributed by atoms with Gasteiger partial charge in [-0.25, -0.2) is 0 Å². The molecule has 10 heteroatoms. The number of rotatable bonds is 10. The third kappa shape index (κ3) is 5.64. The van der Waals surface area contributed by atoms with Gasteiger partial charge in [0.15, 0.2) is 5.82 Å². The van der Waals surface area contributed by atoms with E-state index in [2.05, 4.69) is 26.2 Å². The summed E-state index contributed by atoms with van der Waals surface area (Å²) in [6.45, 7) is 1.12. The van der Waals surface area contributed by atoms with Gasteiger partial charge in [-0.1, -0.05) is 29.3 Å². The molecule has 0 unspecified atom stereocenters. The highest BCUT2D eigenvalue weighted by Gasteiger charge is 2.14. The molecule has 0 saturated heterocycles. The molecule has 0 spiro atoms. The van der Waals surface area contributed by atoms with E-state index < -0.39 is 5.97 Å². The standard InChI is InChI=1S/C23H23Cl2N5O3/c1-33-18-7-8-21-19(12-18)16(14-29(21)13-15-5-6-17(24)11-20(15)25)10-22-26-28-30(27-22)9-3-2-4-23(31)32/h5-8,11-12,14H,2-4,9-10,13H2,1H3,(H,31,32). The molecule has 2 heterocycles. The second-order valence-electron chi connectivity index (χ2n) is 7.73. The van der Waals surface area contributed by atoms with Gasteiger partial charge < -0.3 is 14.4 Å². The molecule has 0 aliphatic heterocycles. The summed E-state index contributed by atoms with van der Waals surface area (Å²) in [5.74, 6) is 0.564. The summed E-state index contributed by atoms with van der Waals surface area (Å²) in [7, 11) is 1.64. The third-order valence-electron chi connectivity index (χ3n) is 5.37. The van der Waals surface area contributed by atoms with Crippen LogP contribution in [0.25, 0.3) is 10.9 Å². The highest BCUT2D eigenvalue weighted by Crippen LogP contribution is 2.29. The minimum Gasteiger partial charge on any atom is -0.497 e. The van der Waals surface area contributed by atoms with Gasteiger partial charge in [-0.05, 0) is 59.5 Å². The van der Waals surface area contributed by atoms with Crippen LogP contribution in [0.4, 0.5) is 0 Å². The Balaban J connectivity index is 1.57. The van der Waals surface area contributed by atoms with E-state index in [9.17, 15) is 4.79 Å². The van der Waals surface area contributed by atoms with Crippen LogP contribution in [-0.4, -0.2) is 43.0 Å². The Bertz CT molecular complexity index is 1280. The maximum atomic E-state index is 10.6. The van der Waals surface area contributed by atoms with Gasteiger partial charge >= 0.3 is 5.97 Å². The molecule has 1 N–H and O–H groups in total. The number of unbranched alkanes of at least 4 members (excludes halogenated alkanes) is 1. The number of fused-ring (bicyclic) bond motifs is 1. The van der Waals surface area contributed by atoms with Crippen LogP contribution < -0.4 is 4.74 Å². The van der Waals surface area contributed by atoms with Gasteiger partial charge in [0.05, 0.1) is 13.7 Å². The zero-order valence-corrected chi connectivity index (χ0v) is 19.6. The number of tetrazole rings is 1. The third-order valence-corrected chi connectivity index (χ3v) is 5.96. The Kier molecular flexibility index (Phi) is 7.15. The van der Waals surface area contributed by atoms with Gasteiger partial charge in [-0.3, -0.25) is 4.79 Å². The van der Waals surface area contributed by atoms with E-state index in [-0.39, 0.29) is 6.42 Å². The van der Waals surface area contributed by atoms with Crippen LogP contribution in [0.2, 0.25) is 10.0 Å². The van der Waals surface area contributed by atoms with Crippen LogP contribution in [0.3, 0.4) is 0 Å². The molecule has 2 aromatic carbocycles. The van der Waals surface area contributed by atoms with Crippen LogP contribution in [0.1, 0.15) is 36.2 Å². The summed E-state index contributed by atoms with van der Waals surface area (Å²) in [5.41, 5.74) is 3.04. The largest absolute Gasteiger partial charge is 0.497 e. The molecule has 0 aliphatic carbocycles. The smallest absolute Gasteiger partial charge is 0.303 e. The lowest BCUT2D eigenvalue weighted by Gasteiger charge is -2.08. The molecule has 0 amide bonds. The molecular formula is C23H23Cl2N5O3. The molecule has 172 valence electrons. The Hall–Kier alpha value is -3.10. The summed E-state index contributed by atoms with van der Waals surface area (Å²) in [4.78, 5) is 12.2. The maximum Gasteiger partial charge on any atom is 0.303 e. The monoisotopic (exact) mass is 487 g/mol. The fraction of sp³-hybridized carbons (Fsp3) is 0.304. The van der Waals surface area contributed by atoms with E-state index in [0.29, 0.717) is 48.2 Å². The highest BCUT2D eigenvalue weighted by atomic mass is 35.5. The molecule has 8 nitrogen and oxygen atoms in total. The van der Waals surface area contributed by atoms with Crippen molar-refractivity contribution < 1.29 is 14.6 Å². The quantitative estimate of drug-likeness (QED) is 0.321. The number of benzene rings is 2. The summed E-state index contributed by atoms with van der Waals surface area (Å²) < 4.78 is 7.56. The van der Waals surface area contributed by atoms with Crippen molar-refractivity contribution in [2.24, 2.45) is 0 Å². The molecular weight excluding hydrogens is 465 g/mol. The van der Waals surface area contributed by atoms with Crippen LogP contribution >= 0.6 is 23.2 Å². The molecule has 0 saturated carbocycles. The minimum atomic E-state index is -0.797.